The molecule has 5 heteroatoms. The fourth-order valence-electron chi connectivity index (χ4n) is 2.53. The summed E-state index contributed by atoms with van der Waals surface area (Å²) in [4.78, 5) is 12.5. The Hall–Kier alpha value is -0.520. The number of benzene rings is 1. The Balaban J connectivity index is 1.98. The number of hydrogen-bond acceptors (Lipinski definition) is 5. The number of ether oxygens (including phenoxy) is 1. The van der Waals surface area contributed by atoms with Gasteiger partial charge in [0, 0.05) is 11.5 Å². The first kappa shape index (κ1) is 16.8. The maximum Gasteiger partial charge on any atom is 0.221 e. The molecular formula is C16H20O2S3. The molecule has 0 aromatic heterocycles. The Morgan fingerprint density at radius 1 is 1.43 bits per heavy atom. The third kappa shape index (κ3) is 4.47. The second-order valence-corrected chi connectivity index (χ2v) is 8.43. The van der Waals surface area contributed by atoms with Gasteiger partial charge in [-0.15, -0.1) is 11.8 Å². The van der Waals surface area contributed by atoms with Crippen LogP contribution in [0.2, 0.25) is 0 Å². The Morgan fingerprint density at radius 3 is 2.86 bits per heavy atom. The summed E-state index contributed by atoms with van der Waals surface area (Å²) in [6.07, 6.45) is 1.71. The van der Waals surface area contributed by atoms with E-state index in [9.17, 15) is 4.79 Å². The zero-order valence-corrected chi connectivity index (χ0v) is 14.8. The summed E-state index contributed by atoms with van der Waals surface area (Å²) in [7, 11) is 0. The lowest BCUT2D eigenvalue weighted by molar-refractivity contribution is 0.0933. The molecule has 0 fully saturated rings. The van der Waals surface area contributed by atoms with Crippen LogP contribution in [0, 0.1) is 5.92 Å². The van der Waals surface area contributed by atoms with Crippen LogP contribution in [-0.4, -0.2) is 27.1 Å². The van der Waals surface area contributed by atoms with E-state index in [1.165, 1.54) is 5.56 Å². The molecule has 1 aliphatic carbocycles. The molecule has 0 radical (unpaired) electrons. The van der Waals surface area contributed by atoms with Crippen LogP contribution in [0.1, 0.15) is 36.2 Å². The highest BCUT2D eigenvalue weighted by Crippen LogP contribution is 2.36. The lowest BCUT2D eigenvalue weighted by Gasteiger charge is -2.18. The van der Waals surface area contributed by atoms with Crippen molar-refractivity contribution in [2.75, 3.05) is 12.4 Å². The number of hydrogen-bond donors (Lipinski definition) is 0. The second kappa shape index (κ2) is 8.20. The van der Waals surface area contributed by atoms with Crippen molar-refractivity contribution in [3.8, 4) is 0 Å². The van der Waals surface area contributed by atoms with Gasteiger partial charge in [0.05, 0.1) is 11.2 Å². The van der Waals surface area contributed by atoms with Crippen LogP contribution in [0.15, 0.2) is 24.3 Å². The first-order valence-corrected chi connectivity index (χ1v) is 9.56. The van der Waals surface area contributed by atoms with Crippen LogP contribution in [-0.2, 0) is 11.2 Å². The molecule has 1 aromatic rings. The predicted molar refractivity (Wildman–Crippen MR) is 96.3 cm³/mol. The summed E-state index contributed by atoms with van der Waals surface area (Å²) in [6.45, 7) is 4.67. The molecule has 0 amide bonds. The smallest absolute Gasteiger partial charge is 0.221 e. The van der Waals surface area contributed by atoms with Crippen LogP contribution in [0.5, 0.6) is 0 Å². The molecule has 0 aliphatic heterocycles. The molecule has 1 aromatic carbocycles. The minimum atomic E-state index is 0.0865. The summed E-state index contributed by atoms with van der Waals surface area (Å²) < 4.78 is 6.25. The van der Waals surface area contributed by atoms with Gasteiger partial charge in [-0.1, -0.05) is 43.0 Å². The fraction of sp³-hybridized carbons (Fsp3) is 0.500. The Bertz CT molecular complexity index is 516. The highest BCUT2D eigenvalue weighted by molar-refractivity contribution is 8.30. The van der Waals surface area contributed by atoms with Gasteiger partial charge < -0.3 is 4.74 Å². The van der Waals surface area contributed by atoms with Crippen LogP contribution in [0.3, 0.4) is 0 Å². The van der Waals surface area contributed by atoms with Crippen LogP contribution in [0.4, 0.5) is 0 Å². The van der Waals surface area contributed by atoms with Crippen molar-refractivity contribution in [1.82, 2.24) is 0 Å². The van der Waals surface area contributed by atoms with E-state index >= 15 is 0 Å². The van der Waals surface area contributed by atoms with E-state index < -0.39 is 0 Å². The highest BCUT2D eigenvalue weighted by Gasteiger charge is 2.32. The molecule has 2 atom stereocenters. The Kier molecular flexibility index (Phi) is 6.58. The van der Waals surface area contributed by atoms with E-state index in [-0.39, 0.29) is 16.3 Å². The first-order valence-electron chi connectivity index (χ1n) is 7.22. The van der Waals surface area contributed by atoms with E-state index in [1.54, 1.807) is 11.8 Å². The number of rotatable bonds is 6. The van der Waals surface area contributed by atoms with Gasteiger partial charge in [-0.25, -0.2) is 0 Å². The van der Waals surface area contributed by atoms with E-state index in [0.717, 1.165) is 24.2 Å². The predicted octanol–water partition coefficient (Wildman–Crippen LogP) is 4.57. The van der Waals surface area contributed by atoms with E-state index in [4.69, 9.17) is 17.0 Å². The Morgan fingerprint density at radius 2 is 2.19 bits per heavy atom. The lowest BCUT2D eigenvalue weighted by atomic mass is 10.0. The molecule has 2 nitrogen and oxygen atoms in total. The van der Waals surface area contributed by atoms with Gasteiger partial charge in [-0.05, 0) is 43.3 Å². The number of thioether (sulfide) groups is 2. The quantitative estimate of drug-likeness (QED) is 0.558. The zero-order valence-electron chi connectivity index (χ0n) is 12.3. The molecular weight excluding hydrogens is 320 g/mol. The average molecular weight is 341 g/mol. The zero-order chi connectivity index (χ0) is 15.2. The van der Waals surface area contributed by atoms with Crippen molar-refractivity contribution in [2.24, 2.45) is 5.92 Å². The number of Topliss-reactive ketones (excluding diaryl/α,β-unsaturated/α-hetero) is 1. The summed E-state index contributed by atoms with van der Waals surface area (Å²) in [5.74, 6) is 1.39. The van der Waals surface area contributed by atoms with E-state index in [0.29, 0.717) is 11.0 Å². The van der Waals surface area contributed by atoms with Gasteiger partial charge in [0.25, 0.3) is 0 Å². The summed E-state index contributed by atoms with van der Waals surface area (Å²) in [6, 6.07) is 7.95. The number of carbonyl (C=O) groups is 1. The summed E-state index contributed by atoms with van der Waals surface area (Å²) in [5.41, 5.74) is 2.09. The lowest BCUT2D eigenvalue weighted by Crippen LogP contribution is -2.16. The second-order valence-electron chi connectivity index (χ2n) is 4.84. The minimum absolute atomic E-state index is 0.0865. The number of carbonyl (C=O) groups excluding carboxylic acids is 1. The minimum Gasteiger partial charge on any atom is -0.479 e. The van der Waals surface area contributed by atoms with Crippen molar-refractivity contribution in [1.29, 1.82) is 0 Å². The van der Waals surface area contributed by atoms with Gasteiger partial charge >= 0.3 is 0 Å². The van der Waals surface area contributed by atoms with E-state index in [1.807, 2.05) is 36.9 Å². The SMILES string of the molecule is CCOC(=S)SC(CC1Cc2ccccc2C1=O)SCC. The fourth-order valence-corrected chi connectivity index (χ4v) is 5.60. The van der Waals surface area contributed by atoms with Gasteiger partial charge in [-0.3, -0.25) is 4.79 Å². The van der Waals surface area contributed by atoms with E-state index in [2.05, 4.69) is 13.0 Å². The van der Waals surface area contributed by atoms with Crippen LogP contribution >= 0.6 is 35.7 Å². The number of ketones is 1. The Labute approximate surface area is 140 Å². The van der Waals surface area contributed by atoms with Crippen molar-refractivity contribution < 1.29 is 9.53 Å². The maximum atomic E-state index is 12.5. The van der Waals surface area contributed by atoms with Gasteiger partial charge in [-0.2, -0.15) is 0 Å². The standard InChI is InChI=1S/C16H20O2S3/c1-3-18-16(19)21-14(20-4-2)10-12-9-11-7-5-6-8-13(11)15(12)17/h5-8,12,14H,3-4,9-10H2,1-2H3. The van der Waals surface area contributed by atoms with Gasteiger partial charge in [0.2, 0.25) is 4.38 Å². The van der Waals surface area contributed by atoms with Crippen molar-refractivity contribution >= 4 is 45.9 Å². The molecule has 1 aliphatic rings. The molecule has 2 unspecified atom stereocenters. The monoisotopic (exact) mass is 340 g/mol. The largest absolute Gasteiger partial charge is 0.479 e. The van der Waals surface area contributed by atoms with Crippen molar-refractivity contribution in [2.45, 2.75) is 31.3 Å². The first-order chi connectivity index (χ1) is 10.2. The molecule has 0 saturated heterocycles. The van der Waals surface area contributed by atoms with Gasteiger partial charge in [0.1, 0.15) is 0 Å². The average Bonchev–Trinajstić information content (AvgIpc) is 2.76. The highest BCUT2D eigenvalue weighted by atomic mass is 32.2. The summed E-state index contributed by atoms with van der Waals surface area (Å²) >= 11 is 8.65. The normalized spacial score (nSPS) is 18.4. The molecule has 2 rings (SSSR count). The molecule has 0 N–H and O–H groups in total. The van der Waals surface area contributed by atoms with Gasteiger partial charge in [0.15, 0.2) is 5.78 Å². The maximum absolute atomic E-state index is 12.5. The topological polar surface area (TPSA) is 26.3 Å². The molecule has 0 bridgehead atoms. The number of thiocarbonyl (C=S) groups is 1. The van der Waals surface area contributed by atoms with Crippen molar-refractivity contribution in [3.63, 3.8) is 0 Å². The molecule has 0 heterocycles. The van der Waals surface area contributed by atoms with Crippen LogP contribution < -0.4 is 0 Å². The van der Waals surface area contributed by atoms with Crippen LogP contribution in [0.25, 0.3) is 0 Å². The molecule has 0 saturated carbocycles. The molecule has 0 spiro atoms. The van der Waals surface area contributed by atoms with Crippen molar-refractivity contribution in [3.05, 3.63) is 35.4 Å². The summed E-state index contributed by atoms with van der Waals surface area (Å²) in [5, 5.41) is 0. The third-order valence-electron chi connectivity index (χ3n) is 3.44. The molecule has 114 valence electrons. The molecule has 21 heavy (non-hydrogen) atoms. The third-order valence-corrected chi connectivity index (χ3v) is 6.21. The number of fused-ring (bicyclic) bond motifs is 1.